The van der Waals surface area contributed by atoms with Crippen molar-refractivity contribution in [1.82, 2.24) is 0 Å². The van der Waals surface area contributed by atoms with E-state index in [-0.39, 0.29) is 44.6 Å². The number of rotatable bonds is 4. The predicted molar refractivity (Wildman–Crippen MR) is 330 cm³/mol. The number of benzene rings is 7. The maximum Gasteiger partial charge on any atom is 0.297 e. The summed E-state index contributed by atoms with van der Waals surface area (Å²) in [6.07, 6.45) is 6.81. The lowest BCUT2D eigenvalue weighted by Gasteiger charge is -2.47. The van der Waals surface area contributed by atoms with E-state index in [9.17, 15) is 5.26 Å². The third kappa shape index (κ3) is 7.58. The van der Waals surface area contributed by atoms with Crippen LogP contribution in [-0.4, -0.2) is 6.71 Å². The first-order valence-electron chi connectivity index (χ1n) is 29.1. The fourth-order valence-electron chi connectivity index (χ4n) is 14.9. The second-order valence-corrected chi connectivity index (χ2v) is 29.3. The van der Waals surface area contributed by atoms with Crippen LogP contribution in [0, 0.1) is 11.3 Å². The van der Waals surface area contributed by atoms with Crippen LogP contribution in [-0.2, 0) is 37.9 Å². The minimum atomic E-state index is -0.206. The van der Waals surface area contributed by atoms with Crippen LogP contribution in [0.1, 0.15) is 187 Å². The Morgan fingerprint density at radius 3 is 1.58 bits per heavy atom. The molecule has 7 aromatic carbocycles. The van der Waals surface area contributed by atoms with E-state index in [1.807, 2.05) is 18.2 Å². The molecule has 0 amide bonds. The van der Waals surface area contributed by atoms with E-state index >= 15 is 0 Å². The van der Waals surface area contributed by atoms with Crippen molar-refractivity contribution in [3.05, 3.63) is 172 Å². The molecule has 0 saturated carbocycles. The van der Waals surface area contributed by atoms with Crippen molar-refractivity contribution in [1.29, 1.82) is 5.26 Å². The van der Waals surface area contributed by atoms with Crippen molar-refractivity contribution in [3.8, 4) is 28.3 Å². The van der Waals surface area contributed by atoms with Crippen LogP contribution in [0.2, 0.25) is 0 Å². The lowest BCUT2D eigenvalue weighted by Crippen LogP contribution is -2.61. The summed E-state index contributed by atoms with van der Waals surface area (Å²) in [6, 6.07) is 51.5. The number of nitriles is 1. The van der Waals surface area contributed by atoms with E-state index in [1.54, 1.807) is 0 Å². The van der Waals surface area contributed by atoms with Gasteiger partial charge in [-0.2, -0.15) is 5.26 Å². The molecule has 13 rings (SSSR count). The van der Waals surface area contributed by atoms with Gasteiger partial charge in [0.2, 0.25) is 0 Å². The zero-order chi connectivity index (χ0) is 55.0. The van der Waals surface area contributed by atoms with Crippen molar-refractivity contribution in [2.45, 2.75) is 180 Å². The molecule has 0 bridgehead atoms. The molecule has 1 aromatic heterocycles. The van der Waals surface area contributed by atoms with Crippen molar-refractivity contribution >= 4 is 68.4 Å². The molecule has 394 valence electrons. The van der Waals surface area contributed by atoms with Crippen LogP contribution < -0.4 is 26.4 Å². The summed E-state index contributed by atoms with van der Waals surface area (Å²) in [5.74, 6) is 0. The molecule has 0 saturated heterocycles. The molecular weight excluding hydrogens is 946 g/mol. The highest BCUT2D eigenvalue weighted by atomic mass is 16.3. The second-order valence-electron chi connectivity index (χ2n) is 29.3. The van der Waals surface area contributed by atoms with Gasteiger partial charge in [-0.15, -0.1) is 0 Å². The number of furan rings is 1. The normalized spacial score (nSPS) is 19.4. The first kappa shape index (κ1) is 50.7. The van der Waals surface area contributed by atoms with E-state index < -0.39 is 0 Å². The van der Waals surface area contributed by atoms with Crippen molar-refractivity contribution in [3.63, 3.8) is 0 Å². The number of anilines is 6. The van der Waals surface area contributed by atoms with Crippen LogP contribution in [0.5, 0.6) is 0 Å². The highest BCUT2D eigenvalue weighted by molar-refractivity contribution is 7.00. The van der Waals surface area contributed by atoms with Gasteiger partial charge in [0, 0.05) is 33.8 Å². The zero-order valence-electron chi connectivity index (χ0n) is 49.2. The Morgan fingerprint density at radius 1 is 0.474 bits per heavy atom. The molecule has 5 heteroatoms. The Balaban J connectivity index is 1.20. The van der Waals surface area contributed by atoms with Gasteiger partial charge in [-0.05, 0) is 215 Å². The van der Waals surface area contributed by atoms with Gasteiger partial charge in [-0.1, -0.05) is 165 Å². The van der Waals surface area contributed by atoms with E-state index in [4.69, 9.17) is 4.42 Å². The molecule has 2 aliphatic heterocycles. The zero-order valence-corrected chi connectivity index (χ0v) is 49.2. The van der Waals surface area contributed by atoms with Gasteiger partial charge in [-0.25, -0.2) is 0 Å². The molecule has 0 atom stereocenters. The van der Waals surface area contributed by atoms with Crippen LogP contribution in [0.4, 0.5) is 34.1 Å². The van der Waals surface area contributed by atoms with Crippen molar-refractivity contribution in [2.24, 2.45) is 0 Å². The molecule has 4 nitrogen and oxygen atoms in total. The van der Waals surface area contributed by atoms with Gasteiger partial charge in [0.25, 0.3) is 6.71 Å². The average molecular weight is 1020 g/mol. The van der Waals surface area contributed by atoms with Crippen LogP contribution in [0.25, 0.3) is 33.2 Å². The van der Waals surface area contributed by atoms with Gasteiger partial charge in [-0.3, -0.25) is 0 Å². The molecule has 78 heavy (non-hydrogen) atoms. The standard InChI is InChI=1S/C73H78BN3O/c1-67(2,3)47-23-25-48(26-24-47)77-62-37-46(51-22-17-16-21-50(51)45-20-18-19-44(35-45)43-75)36-61-64(62)74(66-65(77)52-39-55-58(42-63(52)78-66)73(14,15)34-31-70(55,8)9)59-40-56-57(72(12,13)33-32-71(56,10)11)41-60(59)76(61)49-27-28-53-54(38-49)69(6,7)30-29-68(53,4)5/h16-28,35-42H,29-34H2,1-15H3. The Kier molecular flexibility index (Phi) is 10.8. The molecule has 0 fully saturated rings. The molecule has 3 heterocycles. The lowest BCUT2D eigenvalue weighted by atomic mass is 9.35. The smallest absolute Gasteiger partial charge is 0.297 e. The monoisotopic (exact) mass is 1020 g/mol. The first-order chi connectivity index (χ1) is 36.7. The molecule has 0 radical (unpaired) electrons. The number of fused-ring (bicyclic) bond motifs is 9. The second kappa shape index (κ2) is 16.6. The molecule has 0 spiro atoms. The fourth-order valence-corrected chi connectivity index (χ4v) is 14.9. The van der Waals surface area contributed by atoms with Crippen LogP contribution in [0.15, 0.2) is 132 Å². The highest BCUT2D eigenvalue weighted by Crippen LogP contribution is 2.56. The third-order valence-electron chi connectivity index (χ3n) is 20.2. The number of nitrogens with zero attached hydrogens (tertiary/aromatic N) is 3. The predicted octanol–water partition coefficient (Wildman–Crippen LogP) is 18.1. The molecule has 3 aliphatic carbocycles. The minimum absolute atomic E-state index is 0.00352. The Hall–Kier alpha value is -6.77. The molecule has 0 N–H and O–H groups in total. The number of hydrogen-bond acceptors (Lipinski definition) is 4. The summed E-state index contributed by atoms with van der Waals surface area (Å²) in [6.45, 7) is 36.1. The van der Waals surface area contributed by atoms with Gasteiger partial charge in [0.15, 0.2) is 0 Å². The summed E-state index contributed by atoms with van der Waals surface area (Å²) in [4.78, 5) is 5.26. The van der Waals surface area contributed by atoms with Gasteiger partial charge < -0.3 is 14.2 Å². The van der Waals surface area contributed by atoms with E-state index in [0.717, 1.165) is 89.1 Å². The summed E-state index contributed by atoms with van der Waals surface area (Å²) in [5, 5.41) is 11.4. The van der Waals surface area contributed by atoms with Crippen molar-refractivity contribution in [2.75, 3.05) is 9.80 Å². The van der Waals surface area contributed by atoms with Gasteiger partial charge in [0.1, 0.15) is 5.58 Å². The maximum absolute atomic E-state index is 10.2. The van der Waals surface area contributed by atoms with Gasteiger partial charge >= 0.3 is 0 Å². The minimum Gasteiger partial charge on any atom is -0.468 e. The summed E-state index contributed by atoms with van der Waals surface area (Å²) < 4.78 is 7.78. The summed E-state index contributed by atoms with van der Waals surface area (Å²) in [7, 11) is 0. The molecule has 8 aromatic rings. The summed E-state index contributed by atoms with van der Waals surface area (Å²) in [5.41, 5.74) is 26.5. The SMILES string of the molecule is CC(C)(C)c1ccc(N2c3cc(-c4ccccc4-c4cccc(C#N)c4)cc4c3B(c3cc5c(cc3N4c3ccc4c(c3)C(C)(C)CCC4(C)C)C(C)(C)CCC5(C)C)c3oc4cc5c(cc4c32)C(C)(C)CCC5(C)C)cc1. The number of hydrogen-bond donors (Lipinski definition) is 0. The quantitative estimate of drug-likeness (QED) is 0.165. The topological polar surface area (TPSA) is 43.4 Å². The Bertz CT molecular complexity index is 3880. The maximum atomic E-state index is 10.2. The van der Waals surface area contributed by atoms with Crippen LogP contribution >= 0.6 is 0 Å². The first-order valence-corrected chi connectivity index (χ1v) is 29.1. The van der Waals surface area contributed by atoms with Crippen molar-refractivity contribution < 1.29 is 4.42 Å². The van der Waals surface area contributed by atoms with Crippen LogP contribution in [0.3, 0.4) is 0 Å². The fraction of sp³-hybridized carbons (Fsp3) is 0.384. The lowest BCUT2D eigenvalue weighted by molar-refractivity contribution is 0.332. The average Bonchev–Trinajstić information content (AvgIpc) is 2.68. The largest absolute Gasteiger partial charge is 0.468 e. The molecule has 5 aliphatic rings. The summed E-state index contributed by atoms with van der Waals surface area (Å²) >= 11 is 0. The molecular formula is C73H78BN3O. The van der Waals surface area contributed by atoms with E-state index in [2.05, 4.69) is 229 Å². The third-order valence-corrected chi connectivity index (χ3v) is 20.2. The Morgan fingerprint density at radius 2 is 0.987 bits per heavy atom. The molecule has 0 unspecified atom stereocenters. The van der Waals surface area contributed by atoms with E-state index in [1.165, 1.54) is 72.3 Å². The van der Waals surface area contributed by atoms with Gasteiger partial charge in [0.05, 0.1) is 23.0 Å². The Labute approximate surface area is 466 Å². The highest BCUT2D eigenvalue weighted by Gasteiger charge is 2.50. The van der Waals surface area contributed by atoms with E-state index in [0.29, 0.717) is 5.56 Å².